The highest BCUT2D eigenvalue weighted by Gasteiger charge is 2.60. The molecule has 1 spiro atoms. The zero-order valence-corrected chi connectivity index (χ0v) is 22.9. The van der Waals surface area contributed by atoms with Gasteiger partial charge in [-0.25, -0.2) is 9.59 Å². The lowest BCUT2D eigenvalue weighted by molar-refractivity contribution is -0.308. The summed E-state index contributed by atoms with van der Waals surface area (Å²) in [6, 6.07) is 3.27. The first kappa shape index (κ1) is 33.0. The first-order valence-corrected chi connectivity index (χ1v) is 13.4. The highest BCUT2D eigenvalue weighted by Crippen LogP contribution is 2.43. The summed E-state index contributed by atoms with van der Waals surface area (Å²) in [6.07, 6.45) is -21.1. The molecule has 0 radical (unpaired) electrons. The first-order valence-electron chi connectivity index (χ1n) is 13.4. The van der Waals surface area contributed by atoms with Crippen molar-refractivity contribution in [3.8, 4) is 0 Å². The van der Waals surface area contributed by atoms with Gasteiger partial charge < -0.3 is 24.4 Å². The Bertz CT molecular complexity index is 1180. The molecule has 1 aromatic rings. The van der Waals surface area contributed by atoms with Gasteiger partial charge in [0.15, 0.2) is 5.60 Å². The summed E-state index contributed by atoms with van der Waals surface area (Å²) in [5, 5.41) is 9.58. The molecule has 3 aliphatic rings. The third-order valence-corrected chi connectivity index (χ3v) is 8.29. The van der Waals surface area contributed by atoms with Gasteiger partial charge in [-0.05, 0) is 55.8 Å². The Morgan fingerprint density at radius 1 is 0.953 bits per heavy atom. The summed E-state index contributed by atoms with van der Waals surface area (Å²) in [6.45, 7) is 2.20. The molecule has 4 rings (SSSR count). The molecule has 0 bridgehead atoms. The van der Waals surface area contributed by atoms with Crippen molar-refractivity contribution in [3.05, 3.63) is 29.3 Å². The molecule has 3 aliphatic heterocycles. The van der Waals surface area contributed by atoms with Gasteiger partial charge in [0.1, 0.15) is 0 Å². The molecule has 1 aromatic carbocycles. The first-order chi connectivity index (χ1) is 19.7. The van der Waals surface area contributed by atoms with E-state index >= 15 is 0 Å². The van der Waals surface area contributed by atoms with Crippen molar-refractivity contribution in [2.24, 2.45) is 5.41 Å². The van der Waals surface area contributed by atoms with E-state index in [-0.39, 0.29) is 57.9 Å². The number of nitrogens with zero attached hydrogens (tertiary/aromatic N) is 3. The van der Waals surface area contributed by atoms with Crippen LogP contribution in [-0.2, 0) is 27.0 Å². The Hall–Kier alpha value is -2.95. The summed E-state index contributed by atoms with van der Waals surface area (Å²) >= 11 is 0. The molecule has 3 saturated heterocycles. The number of piperidine rings is 1. The van der Waals surface area contributed by atoms with Gasteiger partial charge in [0.25, 0.3) is 6.10 Å². The van der Waals surface area contributed by atoms with Crippen molar-refractivity contribution in [1.82, 2.24) is 9.80 Å². The van der Waals surface area contributed by atoms with E-state index in [1.54, 1.807) is 4.90 Å². The highest BCUT2D eigenvalue weighted by molar-refractivity contribution is 5.78. The zero-order valence-electron chi connectivity index (χ0n) is 22.9. The maximum atomic E-state index is 13.6. The number of morpholine rings is 1. The number of carboxylic acids is 1. The molecule has 0 aliphatic carbocycles. The number of hydrogen-bond donors (Lipinski definition) is 1. The molecule has 1 N–H and O–H groups in total. The van der Waals surface area contributed by atoms with Crippen LogP contribution < -0.4 is 4.90 Å². The number of anilines is 1. The average Bonchev–Trinajstić information content (AvgIpc) is 3.27. The largest absolute Gasteiger partial charge is 0.479 e. The van der Waals surface area contributed by atoms with Gasteiger partial charge in [-0.15, -0.1) is 0 Å². The molecule has 1 unspecified atom stereocenters. The van der Waals surface area contributed by atoms with E-state index in [1.165, 1.54) is 13.0 Å². The van der Waals surface area contributed by atoms with E-state index in [1.807, 2.05) is 4.90 Å². The van der Waals surface area contributed by atoms with Crippen LogP contribution in [-0.4, -0.2) is 96.9 Å². The fourth-order valence-electron chi connectivity index (χ4n) is 5.84. The van der Waals surface area contributed by atoms with Crippen LogP contribution in [0.5, 0.6) is 0 Å². The van der Waals surface area contributed by atoms with Crippen LogP contribution in [0.3, 0.4) is 0 Å². The summed E-state index contributed by atoms with van der Waals surface area (Å²) in [5.41, 5.74) is -2.20. The Labute approximate surface area is 240 Å². The molecule has 1 atom stereocenters. The number of rotatable bonds is 5. The number of aliphatic carboxylic acids is 1. The minimum absolute atomic E-state index is 0.0169. The van der Waals surface area contributed by atoms with Gasteiger partial charge in [0, 0.05) is 38.4 Å². The second-order valence-corrected chi connectivity index (χ2v) is 11.4. The maximum Gasteiger partial charge on any atom is 0.434 e. The smallest absolute Gasteiger partial charge is 0.434 e. The number of benzene rings is 1. The molecule has 3 heterocycles. The normalized spacial score (nSPS) is 23.7. The third-order valence-electron chi connectivity index (χ3n) is 8.29. The van der Waals surface area contributed by atoms with E-state index in [0.717, 1.165) is 17.0 Å². The lowest BCUT2D eigenvalue weighted by Crippen LogP contribution is -2.55. The van der Waals surface area contributed by atoms with Crippen LogP contribution in [0, 0.1) is 5.41 Å². The van der Waals surface area contributed by atoms with E-state index in [4.69, 9.17) is 4.74 Å². The number of halogens is 9. The van der Waals surface area contributed by atoms with Crippen LogP contribution in [0.25, 0.3) is 0 Å². The number of hydrogen-bond acceptors (Lipinski definition) is 6. The zero-order chi connectivity index (χ0) is 32.0. The third kappa shape index (κ3) is 7.41. The van der Waals surface area contributed by atoms with E-state index in [9.17, 15) is 54.2 Å². The van der Waals surface area contributed by atoms with Crippen LogP contribution in [0.4, 0.5) is 50.0 Å². The molecule has 8 nitrogen and oxygen atoms in total. The van der Waals surface area contributed by atoms with Crippen LogP contribution in [0.1, 0.15) is 37.3 Å². The van der Waals surface area contributed by atoms with E-state index < -0.39 is 53.3 Å². The van der Waals surface area contributed by atoms with Gasteiger partial charge in [-0.2, -0.15) is 39.5 Å². The van der Waals surface area contributed by atoms with Crippen molar-refractivity contribution in [3.63, 3.8) is 0 Å². The predicted octanol–water partition coefficient (Wildman–Crippen LogP) is 5.30. The van der Waals surface area contributed by atoms with Gasteiger partial charge in [-0.1, -0.05) is 6.07 Å². The van der Waals surface area contributed by atoms with Crippen molar-refractivity contribution in [1.29, 1.82) is 0 Å². The van der Waals surface area contributed by atoms with Crippen molar-refractivity contribution in [2.45, 2.75) is 63.0 Å². The Morgan fingerprint density at radius 2 is 1.56 bits per heavy atom. The van der Waals surface area contributed by atoms with Crippen LogP contribution in [0.15, 0.2) is 18.2 Å². The van der Waals surface area contributed by atoms with E-state index in [0.29, 0.717) is 25.1 Å². The Kier molecular flexibility index (Phi) is 8.83. The predicted molar refractivity (Wildman–Crippen MR) is 131 cm³/mol. The summed E-state index contributed by atoms with van der Waals surface area (Å²) in [4.78, 5) is 28.2. The number of amides is 1. The molecule has 0 saturated carbocycles. The number of likely N-dealkylation sites (tertiary alicyclic amines) is 2. The fourth-order valence-corrected chi connectivity index (χ4v) is 5.84. The highest BCUT2D eigenvalue weighted by atomic mass is 19.4. The second kappa shape index (κ2) is 11.5. The number of alkyl halides is 9. The molecule has 0 aromatic heterocycles. The average molecular weight is 636 g/mol. The van der Waals surface area contributed by atoms with Crippen LogP contribution >= 0.6 is 0 Å². The number of ether oxygens (including phenoxy) is 2. The van der Waals surface area contributed by atoms with E-state index in [2.05, 4.69) is 4.74 Å². The summed E-state index contributed by atoms with van der Waals surface area (Å²) < 4.78 is 127. The Balaban J connectivity index is 1.43. The monoisotopic (exact) mass is 635 g/mol. The standard InChI is InChI=1S/C26H30F9N3O5/c1-22(20(39)40)14-38(10-11-42-22)18-12-17(24(27,28)29)3-2-16(18)13-36-7-4-23(15-36)5-8-37(9-6-23)21(41)43-19(25(30,31)32)26(33,34)35/h2-3,12,19H,4-11,13-15H2,1H3,(H,39,40). The minimum Gasteiger partial charge on any atom is -0.479 e. The van der Waals surface area contributed by atoms with Crippen molar-refractivity contribution >= 4 is 17.7 Å². The lowest BCUT2D eigenvalue weighted by atomic mass is 9.78. The molecule has 3 fully saturated rings. The lowest BCUT2D eigenvalue weighted by Gasteiger charge is -2.40. The maximum absolute atomic E-state index is 13.6. The fraction of sp³-hybridized carbons (Fsp3) is 0.692. The minimum atomic E-state index is -5.82. The van der Waals surface area contributed by atoms with Gasteiger partial charge in [-0.3, -0.25) is 4.90 Å². The van der Waals surface area contributed by atoms with Crippen molar-refractivity contribution in [2.75, 3.05) is 50.8 Å². The van der Waals surface area contributed by atoms with Gasteiger partial charge >= 0.3 is 30.6 Å². The molecular formula is C26H30F9N3O5. The molecule has 43 heavy (non-hydrogen) atoms. The number of carbonyl (C=O) groups is 2. The van der Waals surface area contributed by atoms with Gasteiger partial charge in [0.2, 0.25) is 0 Å². The number of carbonyl (C=O) groups excluding carboxylic acids is 1. The SMILES string of the molecule is CC1(C(=O)O)CN(c2cc(C(F)(F)F)ccc2CN2CCC3(CCN(C(=O)OC(C(F)(F)F)C(F)(F)F)CC3)C2)CCO1. The second-order valence-electron chi connectivity index (χ2n) is 11.4. The number of carboxylic acid groups (broad SMARTS) is 1. The van der Waals surface area contributed by atoms with Crippen molar-refractivity contribution < 1.29 is 63.7 Å². The van der Waals surface area contributed by atoms with Crippen LogP contribution in [0.2, 0.25) is 0 Å². The molecule has 242 valence electrons. The molecule has 1 amide bonds. The quantitative estimate of drug-likeness (QED) is 0.440. The van der Waals surface area contributed by atoms with Gasteiger partial charge in [0.05, 0.1) is 18.7 Å². The topological polar surface area (TPSA) is 82.6 Å². The summed E-state index contributed by atoms with van der Waals surface area (Å²) in [7, 11) is 0. The Morgan fingerprint density at radius 3 is 2.12 bits per heavy atom. The molecular weight excluding hydrogens is 605 g/mol. The summed E-state index contributed by atoms with van der Waals surface area (Å²) in [5.74, 6) is -1.25. The molecule has 17 heteroatoms.